The first kappa shape index (κ1) is 24.0. The van der Waals surface area contributed by atoms with Crippen molar-refractivity contribution in [1.82, 2.24) is 4.98 Å². The Morgan fingerprint density at radius 1 is 0.966 bits per heavy atom. The molecule has 1 aromatic heterocycles. The first-order chi connectivity index (χ1) is 13.5. The van der Waals surface area contributed by atoms with E-state index in [-0.39, 0.29) is 34.4 Å². The highest BCUT2D eigenvalue weighted by atomic mass is 32.2. The predicted molar refractivity (Wildman–Crippen MR) is 110 cm³/mol. The maximum absolute atomic E-state index is 12.2. The summed E-state index contributed by atoms with van der Waals surface area (Å²) in [4.78, 5) is 16.6. The molecule has 0 aliphatic carbocycles. The Hall–Kier alpha value is -3.05. The van der Waals surface area contributed by atoms with Crippen molar-refractivity contribution in [1.29, 1.82) is 0 Å². The number of carbonyl (C=O) groups is 1. The molecule has 156 valence electrons. The molecule has 8 heteroatoms. The highest BCUT2D eigenvalue weighted by molar-refractivity contribution is 7.90. The standard InChI is InChI=1S/C19H23NO6S.C2H2/c1-12(2)24-17-10-14(19(21)25-13(3)4)11-18(20-17)26-15-6-8-16(9-7-15)27(5,22)23;1-2/h6-13H,1-5H3;1-2H. The monoisotopic (exact) mass is 419 g/mol. The van der Waals surface area contributed by atoms with Crippen molar-refractivity contribution in [2.24, 2.45) is 0 Å². The highest BCUT2D eigenvalue weighted by Gasteiger charge is 2.16. The van der Waals surface area contributed by atoms with Crippen LogP contribution in [0.25, 0.3) is 0 Å². The normalized spacial score (nSPS) is 10.8. The molecule has 2 rings (SSSR count). The predicted octanol–water partition coefficient (Wildman–Crippen LogP) is 3.88. The lowest BCUT2D eigenvalue weighted by atomic mass is 10.2. The molecular weight excluding hydrogens is 394 g/mol. The number of nitrogens with zero attached hydrogens (tertiary/aromatic N) is 1. The maximum atomic E-state index is 12.2. The van der Waals surface area contributed by atoms with Crippen molar-refractivity contribution in [2.45, 2.75) is 44.8 Å². The fourth-order valence-corrected chi connectivity index (χ4v) is 2.74. The van der Waals surface area contributed by atoms with Crippen LogP contribution in [-0.4, -0.2) is 37.8 Å². The summed E-state index contributed by atoms with van der Waals surface area (Å²) in [5, 5.41) is 0. The van der Waals surface area contributed by atoms with Gasteiger partial charge in [0.1, 0.15) is 5.75 Å². The van der Waals surface area contributed by atoms with E-state index in [1.807, 2.05) is 13.8 Å². The average molecular weight is 419 g/mol. The molecule has 2 aromatic rings. The first-order valence-corrected chi connectivity index (χ1v) is 10.6. The highest BCUT2D eigenvalue weighted by Crippen LogP contribution is 2.26. The molecule has 0 amide bonds. The van der Waals surface area contributed by atoms with E-state index < -0.39 is 15.8 Å². The van der Waals surface area contributed by atoms with Crippen molar-refractivity contribution in [3.63, 3.8) is 0 Å². The van der Waals surface area contributed by atoms with Crippen LogP contribution in [0.2, 0.25) is 0 Å². The summed E-state index contributed by atoms with van der Waals surface area (Å²) >= 11 is 0. The molecule has 0 atom stereocenters. The van der Waals surface area contributed by atoms with E-state index >= 15 is 0 Å². The summed E-state index contributed by atoms with van der Waals surface area (Å²) in [6, 6.07) is 8.84. The number of sulfone groups is 1. The van der Waals surface area contributed by atoms with Crippen LogP contribution in [0.1, 0.15) is 38.1 Å². The van der Waals surface area contributed by atoms with E-state index in [9.17, 15) is 13.2 Å². The molecule has 0 aliphatic rings. The number of esters is 1. The van der Waals surface area contributed by atoms with Crippen molar-refractivity contribution in [3.8, 4) is 30.4 Å². The molecule has 0 N–H and O–H groups in total. The van der Waals surface area contributed by atoms with Crippen LogP contribution in [0.5, 0.6) is 17.5 Å². The van der Waals surface area contributed by atoms with Gasteiger partial charge in [-0.1, -0.05) is 0 Å². The van der Waals surface area contributed by atoms with Gasteiger partial charge in [0.15, 0.2) is 9.84 Å². The second kappa shape index (κ2) is 10.5. The molecule has 0 bridgehead atoms. The Balaban J connectivity index is 0.00000204. The molecule has 0 fully saturated rings. The molecule has 0 saturated carbocycles. The van der Waals surface area contributed by atoms with Gasteiger partial charge < -0.3 is 14.2 Å². The molecule has 0 saturated heterocycles. The van der Waals surface area contributed by atoms with Gasteiger partial charge in [0.25, 0.3) is 0 Å². The Labute approximate surface area is 171 Å². The molecule has 7 nitrogen and oxygen atoms in total. The van der Waals surface area contributed by atoms with E-state index in [2.05, 4.69) is 17.8 Å². The SMILES string of the molecule is C#C.CC(C)OC(=O)c1cc(Oc2ccc(S(C)(=O)=O)cc2)nc(OC(C)C)c1. The smallest absolute Gasteiger partial charge is 0.338 e. The van der Waals surface area contributed by atoms with E-state index in [0.717, 1.165) is 6.26 Å². The van der Waals surface area contributed by atoms with E-state index in [4.69, 9.17) is 14.2 Å². The fourth-order valence-electron chi connectivity index (χ4n) is 2.11. The van der Waals surface area contributed by atoms with Gasteiger partial charge in [-0.3, -0.25) is 0 Å². The summed E-state index contributed by atoms with van der Waals surface area (Å²) in [5.74, 6) is 0.222. The van der Waals surface area contributed by atoms with Gasteiger partial charge in [-0.2, -0.15) is 4.98 Å². The van der Waals surface area contributed by atoms with Crippen molar-refractivity contribution >= 4 is 15.8 Å². The summed E-state index contributed by atoms with van der Waals surface area (Å²) in [6.07, 6.45) is 8.72. The zero-order valence-electron chi connectivity index (χ0n) is 17.1. The lowest BCUT2D eigenvalue weighted by Crippen LogP contribution is -2.13. The van der Waals surface area contributed by atoms with Gasteiger partial charge in [-0.25, -0.2) is 13.2 Å². The van der Waals surface area contributed by atoms with Crippen molar-refractivity contribution < 1.29 is 27.4 Å². The van der Waals surface area contributed by atoms with Crippen LogP contribution in [0, 0.1) is 12.8 Å². The van der Waals surface area contributed by atoms with Crippen LogP contribution in [0.15, 0.2) is 41.3 Å². The largest absolute Gasteiger partial charge is 0.475 e. The van der Waals surface area contributed by atoms with Crippen LogP contribution in [0.4, 0.5) is 0 Å². The quantitative estimate of drug-likeness (QED) is 0.497. The van der Waals surface area contributed by atoms with Gasteiger partial charge in [0, 0.05) is 18.4 Å². The van der Waals surface area contributed by atoms with Crippen LogP contribution in [-0.2, 0) is 14.6 Å². The average Bonchev–Trinajstić information content (AvgIpc) is 2.62. The van der Waals surface area contributed by atoms with Gasteiger partial charge in [-0.05, 0) is 52.0 Å². The molecule has 29 heavy (non-hydrogen) atoms. The van der Waals surface area contributed by atoms with Gasteiger partial charge in [-0.15, -0.1) is 12.8 Å². The number of benzene rings is 1. The molecule has 1 heterocycles. The number of aromatic nitrogens is 1. The molecule has 0 aliphatic heterocycles. The Morgan fingerprint density at radius 3 is 2.00 bits per heavy atom. The number of pyridine rings is 1. The van der Waals surface area contributed by atoms with Crippen LogP contribution >= 0.6 is 0 Å². The topological polar surface area (TPSA) is 91.8 Å². The summed E-state index contributed by atoms with van der Waals surface area (Å²) in [5.41, 5.74) is 0.247. The zero-order chi connectivity index (χ0) is 22.2. The lowest BCUT2D eigenvalue weighted by molar-refractivity contribution is 0.0376. The summed E-state index contributed by atoms with van der Waals surface area (Å²) < 4.78 is 39.5. The Bertz CT molecular complexity index is 947. The minimum Gasteiger partial charge on any atom is -0.475 e. The molecule has 0 radical (unpaired) electrons. The van der Waals surface area contributed by atoms with Crippen molar-refractivity contribution in [3.05, 3.63) is 42.0 Å². The van der Waals surface area contributed by atoms with Crippen LogP contribution < -0.4 is 9.47 Å². The Morgan fingerprint density at radius 2 is 1.52 bits per heavy atom. The molecule has 1 aromatic carbocycles. The van der Waals surface area contributed by atoms with E-state index in [0.29, 0.717) is 5.75 Å². The molecular formula is C21H25NO6S. The van der Waals surface area contributed by atoms with Crippen LogP contribution in [0.3, 0.4) is 0 Å². The molecule has 0 spiro atoms. The van der Waals surface area contributed by atoms with E-state index in [1.165, 1.54) is 36.4 Å². The third-order valence-corrected chi connectivity index (χ3v) is 4.32. The fraction of sp³-hybridized carbons (Fsp3) is 0.333. The number of hydrogen-bond acceptors (Lipinski definition) is 7. The number of rotatable bonds is 7. The summed E-state index contributed by atoms with van der Waals surface area (Å²) in [7, 11) is -3.29. The molecule has 0 unspecified atom stereocenters. The maximum Gasteiger partial charge on any atom is 0.338 e. The first-order valence-electron chi connectivity index (χ1n) is 8.75. The van der Waals surface area contributed by atoms with Gasteiger partial charge in [0.05, 0.1) is 22.7 Å². The number of ether oxygens (including phenoxy) is 3. The lowest BCUT2D eigenvalue weighted by Gasteiger charge is -2.13. The number of carbonyl (C=O) groups excluding carboxylic acids is 1. The summed E-state index contributed by atoms with van der Waals surface area (Å²) in [6.45, 7) is 7.19. The minimum absolute atomic E-state index is 0.135. The second-order valence-electron chi connectivity index (χ2n) is 6.50. The van der Waals surface area contributed by atoms with Gasteiger partial charge in [0.2, 0.25) is 11.8 Å². The number of hydrogen-bond donors (Lipinski definition) is 0. The van der Waals surface area contributed by atoms with Gasteiger partial charge >= 0.3 is 5.97 Å². The third kappa shape index (κ3) is 7.84. The van der Waals surface area contributed by atoms with E-state index in [1.54, 1.807) is 13.8 Å². The Kier molecular flexibility index (Phi) is 8.67. The minimum atomic E-state index is -3.29. The zero-order valence-corrected chi connectivity index (χ0v) is 17.9. The second-order valence-corrected chi connectivity index (χ2v) is 8.51. The van der Waals surface area contributed by atoms with Crippen molar-refractivity contribution in [2.75, 3.05) is 6.26 Å². The third-order valence-electron chi connectivity index (χ3n) is 3.19. The number of terminal acetylenes is 1.